The van der Waals surface area contributed by atoms with E-state index in [9.17, 15) is 26.8 Å². The van der Waals surface area contributed by atoms with E-state index in [0.29, 0.717) is 6.07 Å². The van der Waals surface area contributed by atoms with Gasteiger partial charge in [0.25, 0.3) is 0 Å². The van der Waals surface area contributed by atoms with Crippen LogP contribution in [0.1, 0.15) is 30.5 Å². The molecule has 1 fully saturated rings. The molecule has 0 bridgehead atoms. The summed E-state index contributed by atoms with van der Waals surface area (Å²) in [5, 5.41) is 0. The molecule has 2 amide bonds. The van der Waals surface area contributed by atoms with Gasteiger partial charge in [0.05, 0.1) is 17.4 Å². The third-order valence-electron chi connectivity index (χ3n) is 5.96. The summed E-state index contributed by atoms with van der Waals surface area (Å²) in [6.45, 7) is 1.82. The van der Waals surface area contributed by atoms with Crippen molar-refractivity contribution in [2.75, 3.05) is 26.2 Å². The van der Waals surface area contributed by atoms with Crippen LogP contribution in [0.5, 0.6) is 0 Å². The fourth-order valence-corrected chi connectivity index (χ4v) is 5.61. The van der Waals surface area contributed by atoms with Crippen LogP contribution in [0.4, 0.5) is 8.78 Å². The van der Waals surface area contributed by atoms with E-state index >= 15 is 0 Å². The number of benzene rings is 2. The molecule has 1 saturated heterocycles. The maximum Gasteiger partial charge on any atom is 0.243 e. The number of hydrogen-bond acceptors (Lipinski definition) is 4. The Morgan fingerprint density at radius 3 is 2.36 bits per heavy atom. The Morgan fingerprint density at radius 1 is 1.00 bits per heavy atom. The van der Waals surface area contributed by atoms with Crippen molar-refractivity contribution in [2.45, 2.75) is 24.3 Å². The van der Waals surface area contributed by atoms with Crippen LogP contribution in [0, 0.1) is 11.6 Å². The van der Waals surface area contributed by atoms with Crippen LogP contribution in [0.2, 0.25) is 0 Å². The van der Waals surface area contributed by atoms with Crippen molar-refractivity contribution in [3.63, 3.8) is 0 Å². The van der Waals surface area contributed by atoms with Gasteiger partial charge < -0.3 is 9.80 Å². The summed E-state index contributed by atoms with van der Waals surface area (Å²) < 4.78 is 53.4. The van der Waals surface area contributed by atoms with Crippen molar-refractivity contribution in [1.82, 2.24) is 14.1 Å². The molecule has 2 heterocycles. The fraction of sp³-hybridized carbons (Fsp3) is 0.304. The monoisotopic (exact) mass is 475 g/mol. The largest absolute Gasteiger partial charge is 0.340 e. The standard InChI is InChI=1S/C23H23F2N3O4S/c1-16(29)28-9-8-17-4-2-3-5-19(17)22(28)15-23(30)26-10-12-27(13-11-26)33(31,32)18-6-7-20(24)21(25)14-18/h2-9,14,22H,10-13,15H2,1H3/t22-/m1/s1. The predicted molar refractivity (Wildman–Crippen MR) is 117 cm³/mol. The number of carbonyl (C=O) groups excluding carboxylic acids is 2. The first kappa shape index (κ1) is 23.1. The smallest absolute Gasteiger partial charge is 0.243 e. The summed E-state index contributed by atoms with van der Waals surface area (Å²) in [4.78, 5) is 28.0. The quantitative estimate of drug-likeness (QED) is 0.682. The Bertz CT molecular complexity index is 1220. The van der Waals surface area contributed by atoms with Crippen LogP contribution in [0.25, 0.3) is 6.08 Å². The molecule has 33 heavy (non-hydrogen) atoms. The first-order valence-electron chi connectivity index (χ1n) is 10.5. The lowest BCUT2D eigenvalue weighted by Gasteiger charge is -2.37. The summed E-state index contributed by atoms with van der Waals surface area (Å²) in [6, 6.07) is 9.57. The second kappa shape index (κ2) is 9.03. The third kappa shape index (κ3) is 4.53. The second-order valence-electron chi connectivity index (χ2n) is 7.95. The minimum Gasteiger partial charge on any atom is -0.340 e. The Morgan fingerprint density at radius 2 is 1.70 bits per heavy atom. The zero-order chi connectivity index (χ0) is 23.8. The van der Waals surface area contributed by atoms with Crippen LogP contribution in [0.3, 0.4) is 0 Å². The summed E-state index contributed by atoms with van der Waals surface area (Å²) in [5.74, 6) is -2.73. The Labute approximate surface area is 190 Å². The second-order valence-corrected chi connectivity index (χ2v) is 9.89. The van der Waals surface area contributed by atoms with Crippen molar-refractivity contribution in [2.24, 2.45) is 0 Å². The molecule has 1 atom stereocenters. The van der Waals surface area contributed by atoms with E-state index in [-0.39, 0.29) is 49.3 Å². The Kier molecular flexibility index (Phi) is 6.31. The minimum absolute atomic E-state index is 0.0324. The molecular formula is C23H23F2N3O4S. The normalized spacial score (nSPS) is 18.8. The van der Waals surface area contributed by atoms with Gasteiger partial charge in [-0.25, -0.2) is 17.2 Å². The topological polar surface area (TPSA) is 78.0 Å². The minimum atomic E-state index is -4.01. The lowest BCUT2D eigenvalue weighted by atomic mass is 9.93. The first-order chi connectivity index (χ1) is 15.7. The van der Waals surface area contributed by atoms with Crippen molar-refractivity contribution in [3.8, 4) is 0 Å². The molecule has 0 N–H and O–H groups in total. The molecule has 2 aliphatic rings. The third-order valence-corrected chi connectivity index (χ3v) is 7.85. The number of sulfonamides is 1. The van der Waals surface area contributed by atoms with Crippen molar-refractivity contribution >= 4 is 27.9 Å². The molecule has 0 spiro atoms. The molecular weight excluding hydrogens is 452 g/mol. The van der Waals surface area contributed by atoms with Crippen molar-refractivity contribution in [3.05, 3.63) is 71.4 Å². The van der Waals surface area contributed by atoms with Gasteiger partial charge in [0.1, 0.15) is 0 Å². The first-order valence-corrected chi connectivity index (χ1v) is 11.9. The average Bonchev–Trinajstić information content (AvgIpc) is 2.80. The SMILES string of the molecule is CC(=O)N1C=Cc2ccccc2[C@H]1CC(=O)N1CCN(S(=O)(=O)c2ccc(F)c(F)c2)CC1. The molecule has 0 saturated carbocycles. The van der Waals surface area contributed by atoms with Gasteiger partial charge in [0.2, 0.25) is 21.8 Å². The number of fused-ring (bicyclic) bond motifs is 1. The number of halogens is 2. The van der Waals surface area contributed by atoms with Gasteiger partial charge in [-0.1, -0.05) is 24.3 Å². The summed E-state index contributed by atoms with van der Waals surface area (Å²) in [7, 11) is -4.01. The van der Waals surface area contributed by atoms with E-state index in [0.717, 1.165) is 27.6 Å². The Hall–Kier alpha value is -3.11. The maximum absolute atomic E-state index is 13.5. The summed E-state index contributed by atoms with van der Waals surface area (Å²) >= 11 is 0. The molecule has 0 aromatic heterocycles. The van der Waals surface area contributed by atoms with E-state index in [1.165, 1.54) is 11.8 Å². The van der Waals surface area contributed by atoms with Crippen LogP contribution in [0.15, 0.2) is 53.6 Å². The van der Waals surface area contributed by atoms with Crippen molar-refractivity contribution < 1.29 is 26.8 Å². The van der Waals surface area contributed by atoms with Crippen LogP contribution in [-0.2, 0) is 19.6 Å². The fourth-order valence-electron chi connectivity index (χ4n) is 4.17. The van der Waals surface area contributed by atoms with Gasteiger partial charge in [-0.3, -0.25) is 9.59 Å². The van der Waals surface area contributed by atoms with Crippen LogP contribution in [-0.4, -0.2) is 60.5 Å². The number of rotatable bonds is 4. The van der Waals surface area contributed by atoms with E-state index in [4.69, 9.17) is 0 Å². The number of amides is 2. The molecule has 174 valence electrons. The number of piperazine rings is 1. The van der Waals surface area contributed by atoms with E-state index in [2.05, 4.69) is 0 Å². The van der Waals surface area contributed by atoms with Gasteiger partial charge in [-0.15, -0.1) is 0 Å². The van der Waals surface area contributed by atoms with Crippen molar-refractivity contribution in [1.29, 1.82) is 0 Å². The molecule has 2 aliphatic heterocycles. The highest BCUT2D eigenvalue weighted by Gasteiger charge is 2.33. The summed E-state index contributed by atoms with van der Waals surface area (Å²) in [6.07, 6.45) is 3.57. The molecule has 10 heteroatoms. The number of nitrogens with zero attached hydrogens (tertiary/aromatic N) is 3. The summed E-state index contributed by atoms with van der Waals surface area (Å²) in [5.41, 5.74) is 1.82. The zero-order valence-corrected chi connectivity index (χ0v) is 18.8. The zero-order valence-electron chi connectivity index (χ0n) is 17.9. The Balaban J connectivity index is 1.44. The lowest BCUT2D eigenvalue weighted by molar-refractivity contribution is -0.135. The maximum atomic E-state index is 13.5. The van der Waals surface area contributed by atoms with Gasteiger partial charge in [-0.2, -0.15) is 4.31 Å². The van der Waals surface area contributed by atoms with E-state index in [1.807, 2.05) is 30.3 Å². The molecule has 0 aliphatic carbocycles. The average molecular weight is 476 g/mol. The highest BCUT2D eigenvalue weighted by atomic mass is 32.2. The van der Waals surface area contributed by atoms with Crippen LogP contribution >= 0.6 is 0 Å². The molecule has 4 rings (SSSR count). The predicted octanol–water partition coefficient (Wildman–Crippen LogP) is 2.76. The molecule has 7 nitrogen and oxygen atoms in total. The lowest BCUT2D eigenvalue weighted by Crippen LogP contribution is -2.51. The highest BCUT2D eigenvalue weighted by Crippen LogP contribution is 2.33. The molecule has 2 aromatic carbocycles. The van der Waals surface area contributed by atoms with E-state index in [1.54, 1.807) is 11.1 Å². The van der Waals surface area contributed by atoms with Gasteiger partial charge >= 0.3 is 0 Å². The van der Waals surface area contributed by atoms with Crippen LogP contribution < -0.4 is 0 Å². The molecule has 2 aromatic rings. The van der Waals surface area contributed by atoms with E-state index < -0.39 is 27.7 Å². The van der Waals surface area contributed by atoms with Gasteiger partial charge in [-0.05, 0) is 35.4 Å². The molecule has 0 unspecified atom stereocenters. The van der Waals surface area contributed by atoms with Gasteiger partial charge in [0.15, 0.2) is 11.6 Å². The van der Waals surface area contributed by atoms with Gasteiger partial charge in [0, 0.05) is 39.3 Å². The highest BCUT2D eigenvalue weighted by molar-refractivity contribution is 7.89. The number of hydrogen-bond donors (Lipinski definition) is 0. The molecule has 0 radical (unpaired) electrons. The number of carbonyl (C=O) groups is 2.